The van der Waals surface area contributed by atoms with E-state index in [1.807, 2.05) is 0 Å². The number of benzene rings is 2. The molecule has 2 aromatic heterocycles. The van der Waals surface area contributed by atoms with Crippen molar-refractivity contribution in [3.8, 4) is 0 Å². The summed E-state index contributed by atoms with van der Waals surface area (Å²) in [5, 5.41) is 4.67. The highest BCUT2D eigenvalue weighted by Crippen LogP contribution is 2.25. The van der Waals surface area contributed by atoms with Gasteiger partial charge in [-0.05, 0) is 36.2 Å². The highest BCUT2D eigenvalue weighted by molar-refractivity contribution is 6.03. The first-order valence-electron chi connectivity index (χ1n) is 9.26. The topological polar surface area (TPSA) is 56.9 Å². The first-order chi connectivity index (χ1) is 13.9. The monoisotopic (exact) mass is 395 g/mol. The molecule has 0 aliphatic rings. The molecule has 0 N–H and O–H groups in total. The third-order valence-corrected chi connectivity index (χ3v) is 5.14. The number of rotatable bonds is 5. The van der Waals surface area contributed by atoms with Crippen LogP contribution in [-0.2, 0) is 24.8 Å². The molecule has 148 valence electrons. The average molecular weight is 395 g/mol. The van der Waals surface area contributed by atoms with Gasteiger partial charge in [0, 0.05) is 26.4 Å². The molecule has 29 heavy (non-hydrogen) atoms. The van der Waals surface area contributed by atoms with E-state index in [4.69, 9.17) is 0 Å². The van der Waals surface area contributed by atoms with Crippen molar-refractivity contribution in [1.29, 1.82) is 0 Å². The van der Waals surface area contributed by atoms with Crippen LogP contribution in [0.15, 0.2) is 47.4 Å². The Labute approximate surface area is 165 Å². The summed E-state index contributed by atoms with van der Waals surface area (Å²) in [6.45, 7) is 1.86. The van der Waals surface area contributed by atoms with Crippen LogP contribution in [0.4, 0.5) is 8.78 Å². The summed E-state index contributed by atoms with van der Waals surface area (Å²) in [5.41, 5.74) is 1.60. The van der Waals surface area contributed by atoms with Crippen LogP contribution in [-0.4, -0.2) is 20.1 Å². The van der Waals surface area contributed by atoms with Crippen LogP contribution < -0.4 is 5.56 Å². The summed E-state index contributed by atoms with van der Waals surface area (Å²) < 4.78 is 31.5. The van der Waals surface area contributed by atoms with E-state index in [1.165, 1.54) is 33.6 Å². The van der Waals surface area contributed by atoms with Gasteiger partial charge in [0.2, 0.25) is 0 Å². The molecular weight excluding hydrogens is 376 g/mol. The fourth-order valence-corrected chi connectivity index (χ4v) is 3.67. The smallest absolute Gasteiger partial charge is 0.262 e. The molecule has 0 amide bonds. The lowest BCUT2D eigenvalue weighted by atomic mass is 10.0. The largest absolute Gasteiger partial charge is 0.307 e. The summed E-state index contributed by atoms with van der Waals surface area (Å²) in [5.74, 6) is -1.08. The van der Waals surface area contributed by atoms with E-state index in [2.05, 4.69) is 5.10 Å². The molecule has 4 rings (SSSR count). The van der Waals surface area contributed by atoms with Crippen LogP contribution >= 0.6 is 0 Å². The second kappa shape index (κ2) is 7.24. The summed E-state index contributed by atoms with van der Waals surface area (Å²) in [6, 6.07) is 9.24. The molecule has 0 radical (unpaired) electrons. The van der Waals surface area contributed by atoms with Crippen LogP contribution in [0.25, 0.3) is 21.8 Å². The maximum Gasteiger partial charge on any atom is 0.262 e. The first-order valence-corrected chi connectivity index (χ1v) is 9.26. The zero-order chi connectivity index (χ0) is 20.7. The van der Waals surface area contributed by atoms with E-state index in [-0.39, 0.29) is 30.7 Å². The van der Waals surface area contributed by atoms with Gasteiger partial charge in [-0.15, -0.1) is 0 Å². The van der Waals surface area contributed by atoms with E-state index < -0.39 is 11.6 Å². The maximum absolute atomic E-state index is 14.6. The van der Waals surface area contributed by atoms with E-state index in [0.29, 0.717) is 27.4 Å². The third kappa shape index (κ3) is 3.33. The van der Waals surface area contributed by atoms with Gasteiger partial charge in [-0.3, -0.25) is 14.3 Å². The molecule has 0 bridgehead atoms. The number of carbonyl (C=O) groups excluding carboxylic acids is 1. The Hall–Kier alpha value is -3.35. The van der Waals surface area contributed by atoms with Gasteiger partial charge in [0.05, 0.1) is 28.0 Å². The molecule has 0 unspecified atom stereocenters. The van der Waals surface area contributed by atoms with Crippen molar-refractivity contribution in [3.05, 3.63) is 75.7 Å². The lowest BCUT2D eigenvalue weighted by Crippen LogP contribution is -2.23. The number of halogens is 2. The van der Waals surface area contributed by atoms with Crippen molar-refractivity contribution < 1.29 is 13.6 Å². The highest BCUT2D eigenvalue weighted by Gasteiger charge is 2.18. The van der Waals surface area contributed by atoms with E-state index in [9.17, 15) is 18.4 Å². The van der Waals surface area contributed by atoms with Gasteiger partial charge in [-0.25, -0.2) is 8.78 Å². The van der Waals surface area contributed by atoms with Gasteiger partial charge in [-0.2, -0.15) is 5.10 Å². The van der Waals surface area contributed by atoms with Gasteiger partial charge < -0.3 is 4.57 Å². The Morgan fingerprint density at radius 3 is 2.69 bits per heavy atom. The molecule has 0 fully saturated rings. The summed E-state index contributed by atoms with van der Waals surface area (Å²) >= 11 is 0. The summed E-state index contributed by atoms with van der Waals surface area (Å²) in [7, 11) is 1.65. The Kier molecular flexibility index (Phi) is 4.74. The van der Waals surface area contributed by atoms with Crippen LogP contribution in [0.2, 0.25) is 0 Å². The standard InChI is InChI=1S/C22H19F2N3O2/c1-13-6-7-14(18(24)10-13)11-15(28)8-9-27-19-5-3-4-17(23)20(19)21-16(22(27)29)12-25-26(21)2/h3-7,10,12H,8-9,11H2,1-2H3. The normalized spacial score (nSPS) is 11.4. The van der Waals surface area contributed by atoms with Crippen LogP contribution in [0.5, 0.6) is 0 Å². The minimum atomic E-state index is -0.460. The highest BCUT2D eigenvalue weighted by atomic mass is 19.1. The van der Waals surface area contributed by atoms with Crippen molar-refractivity contribution in [2.45, 2.75) is 26.3 Å². The molecule has 7 heteroatoms. The molecule has 2 aromatic carbocycles. The van der Waals surface area contributed by atoms with Crippen molar-refractivity contribution >= 4 is 27.6 Å². The second-order valence-corrected chi connectivity index (χ2v) is 7.18. The number of aryl methyl sites for hydroxylation is 3. The predicted molar refractivity (Wildman–Crippen MR) is 107 cm³/mol. The Bertz CT molecular complexity index is 1320. The number of ketones is 1. The third-order valence-electron chi connectivity index (χ3n) is 5.14. The minimum Gasteiger partial charge on any atom is -0.307 e. The van der Waals surface area contributed by atoms with E-state index in [1.54, 1.807) is 32.2 Å². The zero-order valence-corrected chi connectivity index (χ0v) is 16.1. The molecule has 5 nitrogen and oxygen atoms in total. The van der Waals surface area contributed by atoms with Gasteiger partial charge in [-0.1, -0.05) is 18.2 Å². The van der Waals surface area contributed by atoms with Crippen LogP contribution in [0.1, 0.15) is 17.5 Å². The van der Waals surface area contributed by atoms with E-state index >= 15 is 0 Å². The van der Waals surface area contributed by atoms with Gasteiger partial charge in [0.15, 0.2) is 0 Å². The predicted octanol–water partition coefficient (Wildman–Crippen LogP) is 3.68. The number of hydrogen-bond donors (Lipinski definition) is 0. The van der Waals surface area contributed by atoms with Crippen molar-refractivity contribution in [3.63, 3.8) is 0 Å². The van der Waals surface area contributed by atoms with Gasteiger partial charge >= 0.3 is 0 Å². The SMILES string of the molecule is Cc1ccc(CC(=O)CCn2c(=O)c3cnn(C)c3c3c(F)cccc32)c(F)c1. The Morgan fingerprint density at radius 1 is 1.14 bits per heavy atom. The first kappa shape index (κ1) is 19.0. The summed E-state index contributed by atoms with van der Waals surface area (Å²) in [4.78, 5) is 25.4. The van der Waals surface area contributed by atoms with Crippen LogP contribution in [0, 0.1) is 18.6 Å². The molecular formula is C22H19F2N3O2. The molecule has 0 aliphatic carbocycles. The van der Waals surface area contributed by atoms with Gasteiger partial charge in [0.1, 0.15) is 17.4 Å². The van der Waals surface area contributed by atoms with Crippen LogP contribution in [0.3, 0.4) is 0 Å². The molecule has 0 saturated carbocycles. The van der Waals surface area contributed by atoms with Gasteiger partial charge in [0.25, 0.3) is 5.56 Å². The summed E-state index contributed by atoms with van der Waals surface area (Å²) in [6.07, 6.45) is 1.39. The molecule has 0 aliphatic heterocycles. The Balaban J connectivity index is 1.69. The number of Topliss-reactive ketones (excluding diaryl/α,β-unsaturated/α-hetero) is 1. The second-order valence-electron chi connectivity index (χ2n) is 7.18. The quantitative estimate of drug-likeness (QED) is 0.518. The molecule has 0 saturated heterocycles. The zero-order valence-electron chi connectivity index (χ0n) is 16.1. The Morgan fingerprint density at radius 2 is 1.93 bits per heavy atom. The minimum absolute atomic E-state index is 0.0323. The average Bonchev–Trinajstić information content (AvgIpc) is 3.06. The number of fused-ring (bicyclic) bond motifs is 3. The molecule has 2 heterocycles. The fraction of sp³-hybridized carbons (Fsp3) is 0.227. The number of aromatic nitrogens is 3. The van der Waals surface area contributed by atoms with Crippen molar-refractivity contribution in [2.75, 3.05) is 0 Å². The lowest BCUT2D eigenvalue weighted by molar-refractivity contribution is -0.118. The van der Waals surface area contributed by atoms with Crippen molar-refractivity contribution in [1.82, 2.24) is 14.3 Å². The number of pyridine rings is 1. The number of hydrogen-bond acceptors (Lipinski definition) is 3. The number of carbonyl (C=O) groups is 1. The fourth-order valence-electron chi connectivity index (χ4n) is 3.67. The molecule has 0 atom stereocenters. The lowest BCUT2D eigenvalue weighted by Gasteiger charge is -2.12. The van der Waals surface area contributed by atoms with Crippen molar-refractivity contribution in [2.24, 2.45) is 7.05 Å². The maximum atomic E-state index is 14.6. The molecule has 4 aromatic rings. The number of nitrogens with zero attached hydrogens (tertiary/aromatic N) is 3. The van der Waals surface area contributed by atoms with E-state index in [0.717, 1.165) is 5.56 Å². The molecule has 0 spiro atoms.